The summed E-state index contributed by atoms with van der Waals surface area (Å²) in [5.74, 6) is 0.824. The van der Waals surface area contributed by atoms with Crippen molar-refractivity contribution in [1.82, 2.24) is 9.55 Å². The van der Waals surface area contributed by atoms with Gasteiger partial charge >= 0.3 is 0 Å². The molecule has 1 aromatic heterocycles. The van der Waals surface area contributed by atoms with Crippen LogP contribution in [0.15, 0.2) is 58.5 Å². The summed E-state index contributed by atoms with van der Waals surface area (Å²) in [5, 5.41) is 0.845. The van der Waals surface area contributed by atoms with Crippen molar-refractivity contribution in [2.45, 2.75) is 75.2 Å². The summed E-state index contributed by atoms with van der Waals surface area (Å²) in [4.78, 5) is 19.1. The predicted octanol–water partition coefficient (Wildman–Crippen LogP) is 6.29. The molecular weight excluding hydrogens is 400 g/mol. The lowest BCUT2D eigenvalue weighted by atomic mass is 9.62. The lowest BCUT2D eigenvalue weighted by Crippen LogP contribution is -2.43. The molecule has 3 nitrogen and oxygen atoms in total. The zero-order valence-electron chi connectivity index (χ0n) is 18.5. The summed E-state index contributed by atoms with van der Waals surface area (Å²) in [5.41, 5.74) is 7.19. The molecule has 0 saturated heterocycles. The highest BCUT2D eigenvalue weighted by Gasteiger charge is 2.43. The summed E-state index contributed by atoms with van der Waals surface area (Å²) in [6.45, 7) is 4.87. The van der Waals surface area contributed by atoms with Gasteiger partial charge in [0.25, 0.3) is 5.56 Å². The third-order valence-electron chi connectivity index (χ3n) is 7.21. The molecule has 3 aromatic rings. The van der Waals surface area contributed by atoms with Crippen molar-refractivity contribution in [2.24, 2.45) is 0 Å². The molecule has 160 valence electrons. The predicted molar refractivity (Wildman–Crippen MR) is 129 cm³/mol. The highest BCUT2D eigenvalue weighted by molar-refractivity contribution is 7.98. The lowest BCUT2D eigenvalue weighted by molar-refractivity contribution is 0.282. The molecule has 5 rings (SSSR count). The lowest BCUT2D eigenvalue weighted by Gasteiger charge is -2.42. The number of thioether (sulfide) groups is 1. The molecule has 0 radical (unpaired) electrons. The van der Waals surface area contributed by atoms with Gasteiger partial charge in [-0.15, -0.1) is 0 Å². The van der Waals surface area contributed by atoms with Crippen LogP contribution in [0.2, 0.25) is 0 Å². The number of hydrogen-bond donors (Lipinski definition) is 0. The van der Waals surface area contributed by atoms with Crippen molar-refractivity contribution < 1.29 is 0 Å². The van der Waals surface area contributed by atoms with Crippen molar-refractivity contribution >= 4 is 11.8 Å². The van der Waals surface area contributed by atoms with E-state index in [1.165, 1.54) is 36.0 Å². The van der Waals surface area contributed by atoms with E-state index in [2.05, 4.69) is 62.4 Å². The van der Waals surface area contributed by atoms with Gasteiger partial charge < -0.3 is 0 Å². The SMILES string of the molecule is CCn1c(SCc2ccccc2C)nc2c(c1=O)C1(CCCCC1)Cc1ccccc1-2. The van der Waals surface area contributed by atoms with E-state index in [-0.39, 0.29) is 11.0 Å². The van der Waals surface area contributed by atoms with Crippen LogP contribution in [0.3, 0.4) is 0 Å². The molecular formula is C27H30N2OS. The minimum absolute atomic E-state index is 0.0395. The van der Waals surface area contributed by atoms with Crippen molar-refractivity contribution in [3.05, 3.63) is 81.1 Å². The smallest absolute Gasteiger partial charge is 0.258 e. The number of hydrogen-bond acceptors (Lipinski definition) is 3. The van der Waals surface area contributed by atoms with Gasteiger partial charge in [0.1, 0.15) is 0 Å². The summed E-state index contributed by atoms with van der Waals surface area (Å²) >= 11 is 1.69. The van der Waals surface area contributed by atoms with E-state index < -0.39 is 0 Å². The summed E-state index contributed by atoms with van der Waals surface area (Å²) in [7, 11) is 0. The Morgan fingerprint density at radius 3 is 2.55 bits per heavy atom. The van der Waals surface area contributed by atoms with E-state index in [9.17, 15) is 4.79 Å². The van der Waals surface area contributed by atoms with Gasteiger partial charge in [0, 0.05) is 23.3 Å². The molecule has 2 aromatic carbocycles. The summed E-state index contributed by atoms with van der Waals surface area (Å²) < 4.78 is 1.92. The van der Waals surface area contributed by atoms with Crippen LogP contribution in [-0.2, 0) is 24.1 Å². The maximum absolute atomic E-state index is 13.9. The molecule has 2 aliphatic carbocycles. The molecule has 1 saturated carbocycles. The Morgan fingerprint density at radius 1 is 1.03 bits per heavy atom. The Bertz CT molecular complexity index is 1170. The van der Waals surface area contributed by atoms with Crippen molar-refractivity contribution in [3.63, 3.8) is 0 Å². The second-order valence-electron chi connectivity index (χ2n) is 9.06. The normalized spacial score (nSPS) is 16.7. The highest BCUT2D eigenvalue weighted by atomic mass is 32.2. The van der Waals surface area contributed by atoms with Crippen LogP contribution in [-0.4, -0.2) is 9.55 Å². The van der Waals surface area contributed by atoms with Crippen LogP contribution in [0.25, 0.3) is 11.3 Å². The molecule has 4 heteroatoms. The molecule has 2 aliphatic rings. The van der Waals surface area contributed by atoms with Crippen molar-refractivity contribution in [3.8, 4) is 11.3 Å². The van der Waals surface area contributed by atoms with E-state index in [0.717, 1.165) is 47.0 Å². The molecule has 0 amide bonds. The van der Waals surface area contributed by atoms with E-state index >= 15 is 0 Å². The van der Waals surface area contributed by atoms with E-state index in [0.29, 0.717) is 6.54 Å². The Labute approximate surface area is 188 Å². The Kier molecular flexibility index (Phi) is 5.51. The third kappa shape index (κ3) is 3.55. The van der Waals surface area contributed by atoms with Crippen LogP contribution in [0.4, 0.5) is 0 Å². The van der Waals surface area contributed by atoms with E-state index in [1.807, 2.05) is 4.57 Å². The van der Waals surface area contributed by atoms with Crippen molar-refractivity contribution in [1.29, 1.82) is 0 Å². The second kappa shape index (κ2) is 8.31. The van der Waals surface area contributed by atoms with Gasteiger partial charge in [0.15, 0.2) is 5.16 Å². The number of aromatic nitrogens is 2. The fourth-order valence-electron chi connectivity index (χ4n) is 5.53. The molecule has 0 atom stereocenters. The fraction of sp³-hybridized carbons (Fsp3) is 0.407. The van der Waals surface area contributed by atoms with Crippen LogP contribution < -0.4 is 5.56 Å². The first-order chi connectivity index (χ1) is 15.1. The van der Waals surface area contributed by atoms with Crippen LogP contribution in [0, 0.1) is 6.92 Å². The molecule has 1 spiro atoms. The molecule has 0 N–H and O–H groups in total. The van der Waals surface area contributed by atoms with Gasteiger partial charge in [-0.25, -0.2) is 4.98 Å². The largest absolute Gasteiger partial charge is 0.288 e. The van der Waals surface area contributed by atoms with Gasteiger partial charge in [0.2, 0.25) is 0 Å². The molecule has 0 aliphatic heterocycles. The zero-order chi connectivity index (χ0) is 21.4. The Hall–Kier alpha value is -2.33. The fourth-order valence-corrected chi connectivity index (χ4v) is 6.66. The minimum atomic E-state index is -0.0395. The highest BCUT2D eigenvalue weighted by Crippen LogP contribution is 2.48. The molecule has 0 unspecified atom stereocenters. The molecule has 0 bridgehead atoms. The second-order valence-corrected chi connectivity index (χ2v) is 10.00. The van der Waals surface area contributed by atoms with Crippen LogP contribution in [0.5, 0.6) is 0 Å². The van der Waals surface area contributed by atoms with Gasteiger partial charge in [-0.2, -0.15) is 0 Å². The quantitative estimate of drug-likeness (QED) is 0.360. The first-order valence-electron chi connectivity index (χ1n) is 11.5. The van der Waals surface area contributed by atoms with Crippen molar-refractivity contribution in [2.75, 3.05) is 0 Å². The average molecular weight is 431 g/mol. The number of nitrogens with zero attached hydrogens (tertiary/aromatic N) is 2. The summed E-state index contributed by atoms with van der Waals surface area (Å²) in [6.07, 6.45) is 6.87. The van der Waals surface area contributed by atoms with Gasteiger partial charge in [-0.1, -0.05) is 79.6 Å². The van der Waals surface area contributed by atoms with Crippen LogP contribution in [0.1, 0.15) is 61.3 Å². The van der Waals surface area contributed by atoms with E-state index in [1.54, 1.807) is 11.8 Å². The average Bonchev–Trinajstić information content (AvgIpc) is 2.79. The van der Waals surface area contributed by atoms with Gasteiger partial charge in [0.05, 0.1) is 11.3 Å². The van der Waals surface area contributed by atoms with Gasteiger partial charge in [-0.3, -0.25) is 9.36 Å². The monoisotopic (exact) mass is 430 g/mol. The zero-order valence-corrected chi connectivity index (χ0v) is 19.3. The van der Waals surface area contributed by atoms with Crippen LogP contribution >= 0.6 is 11.8 Å². The van der Waals surface area contributed by atoms with E-state index in [4.69, 9.17) is 4.98 Å². The number of benzene rings is 2. The molecule has 1 heterocycles. The van der Waals surface area contributed by atoms with Gasteiger partial charge in [-0.05, 0) is 49.8 Å². The Morgan fingerprint density at radius 2 is 1.77 bits per heavy atom. The Balaban J connectivity index is 1.65. The standard InChI is InChI=1S/C27H30N2OS/c1-3-29-25(30)23-24(28-26(29)31-18-21-13-6-5-11-19(21)2)22-14-8-7-12-20(22)17-27(23)15-9-4-10-16-27/h5-8,11-14H,3-4,9-10,15-18H2,1-2H3. The number of rotatable bonds is 4. The number of aryl methyl sites for hydroxylation is 1. The first kappa shape index (κ1) is 20.6. The maximum Gasteiger partial charge on any atom is 0.258 e. The first-order valence-corrected chi connectivity index (χ1v) is 12.5. The molecule has 1 fully saturated rings. The maximum atomic E-state index is 13.9. The molecule has 31 heavy (non-hydrogen) atoms. The topological polar surface area (TPSA) is 34.9 Å². The third-order valence-corrected chi connectivity index (χ3v) is 8.24. The number of fused-ring (bicyclic) bond motifs is 4. The minimum Gasteiger partial charge on any atom is -0.288 e. The summed E-state index contributed by atoms with van der Waals surface area (Å²) in [6, 6.07) is 17.1.